The number of rotatable bonds is 3. The summed E-state index contributed by atoms with van der Waals surface area (Å²) in [5.41, 5.74) is 7.22. The lowest BCUT2D eigenvalue weighted by molar-refractivity contribution is -0.140. The zero-order chi connectivity index (χ0) is 33.4. The third kappa shape index (κ3) is 15.3. The monoisotopic (exact) mass is 628 g/mol. The third-order valence-corrected chi connectivity index (χ3v) is 7.88. The van der Waals surface area contributed by atoms with E-state index in [2.05, 4.69) is 22.9 Å². The van der Waals surface area contributed by atoms with Gasteiger partial charge in [-0.15, -0.1) is 0 Å². The summed E-state index contributed by atoms with van der Waals surface area (Å²) in [6, 6.07) is 6.44. The Hall–Kier alpha value is -3.57. The normalized spacial score (nSPS) is 27.1. The summed E-state index contributed by atoms with van der Waals surface area (Å²) >= 11 is 0. The molecule has 1 saturated carbocycles. The number of amides is 3. The molecule has 250 valence electrons. The zero-order valence-electron chi connectivity index (χ0n) is 27.5. The van der Waals surface area contributed by atoms with Crippen molar-refractivity contribution in [3.63, 3.8) is 0 Å². The van der Waals surface area contributed by atoms with Crippen molar-refractivity contribution in [1.82, 2.24) is 20.9 Å². The van der Waals surface area contributed by atoms with Crippen LogP contribution in [0.1, 0.15) is 70.4 Å². The highest BCUT2D eigenvalue weighted by atomic mass is 19.1. The van der Waals surface area contributed by atoms with Crippen LogP contribution in [0.2, 0.25) is 0 Å². The van der Waals surface area contributed by atoms with Gasteiger partial charge in [-0.3, -0.25) is 19.8 Å². The van der Waals surface area contributed by atoms with Crippen molar-refractivity contribution in [1.29, 1.82) is 5.41 Å². The number of benzene rings is 1. The molecule has 11 heteroatoms. The third-order valence-electron chi connectivity index (χ3n) is 7.88. The van der Waals surface area contributed by atoms with Crippen molar-refractivity contribution in [2.75, 3.05) is 33.3 Å². The van der Waals surface area contributed by atoms with Gasteiger partial charge in [-0.05, 0) is 57.9 Å². The van der Waals surface area contributed by atoms with Gasteiger partial charge in [0, 0.05) is 32.1 Å². The Kier molecular flexibility index (Phi) is 16.5. The number of halogens is 1. The van der Waals surface area contributed by atoms with E-state index in [0.29, 0.717) is 32.0 Å². The van der Waals surface area contributed by atoms with E-state index in [4.69, 9.17) is 15.9 Å². The number of nitrogen functional groups attached to an aromatic ring is 1. The Labute approximate surface area is 267 Å². The minimum Gasteiger partial charge on any atom is -0.384 e. The number of hydrogen-bond acceptors (Lipinski definition) is 6. The molecule has 1 aliphatic heterocycles. The molecule has 0 bridgehead atoms. The number of ether oxygens (including phenoxy) is 1. The number of nitrogens with zero attached hydrogens (tertiary/aromatic N) is 1. The number of allylic oxidation sites excluding steroid dienone is 3. The number of likely N-dealkylation sites (N-methyl/N-ethyl adjacent to an activating group) is 1. The van der Waals surface area contributed by atoms with Crippen LogP contribution in [0.25, 0.3) is 0 Å². The highest BCUT2D eigenvalue weighted by Crippen LogP contribution is 2.33. The van der Waals surface area contributed by atoms with Crippen LogP contribution in [-0.2, 0) is 19.1 Å². The maximum atomic E-state index is 14.2. The van der Waals surface area contributed by atoms with Crippen molar-refractivity contribution in [3.8, 4) is 0 Å². The lowest BCUT2D eigenvalue weighted by Gasteiger charge is -2.29. The van der Waals surface area contributed by atoms with E-state index in [-0.39, 0.29) is 54.4 Å². The van der Waals surface area contributed by atoms with E-state index in [9.17, 15) is 18.8 Å². The van der Waals surface area contributed by atoms with E-state index in [0.717, 1.165) is 31.2 Å². The first-order chi connectivity index (χ1) is 21.4. The second-order valence-electron chi connectivity index (χ2n) is 12.1. The number of carbonyl (C=O) groups excluding carboxylic acids is 3. The first-order valence-electron chi connectivity index (χ1n) is 16.0. The summed E-state index contributed by atoms with van der Waals surface area (Å²) in [5, 5.41) is 15.8. The van der Waals surface area contributed by atoms with Crippen LogP contribution in [0.4, 0.5) is 4.39 Å². The van der Waals surface area contributed by atoms with E-state index >= 15 is 0 Å². The van der Waals surface area contributed by atoms with Crippen molar-refractivity contribution in [2.45, 2.75) is 84.4 Å². The van der Waals surface area contributed by atoms with Gasteiger partial charge >= 0.3 is 0 Å². The predicted molar refractivity (Wildman–Crippen MR) is 176 cm³/mol. The van der Waals surface area contributed by atoms with Gasteiger partial charge < -0.3 is 31.3 Å². The summed E-state index contributed by atoms with van der Waals surface area (Å²) in [7, 11) is 1.61. The van der Waals surface area contributed by atoms with Crippen LogP contribution < -0.4 is 21.7 Å². The van der Waals surface area contributed by atoms with Gasteiger partial charge in [0.25, 0.3) is 0 Å². The molecule has 0 saturated heterocycles. The molecule has 45 heavy (non-hydrogen) atoms. The van der Waals surface area contributed by atoms with Crippen molar-refractivity contribution < 1.29 is 23.5 Å². The maximum absolute atomic E-state index is 14.2. The molecule has 3 amide bonds. The molecule has 1 aromatic carbocycles. The molecule has 0 spiro atoms. The first-order valence-corrected chi connectivity index (χ1v) is 16.0. The molecule has 4 atom stereocenters. The molecule has 1 aliphatic carbocycles. The number of hydrogen-bond donors (Lipinski definition) is 5. The van der Waals surface area contributed by atoms with Crippen LogP contribution in [0.3, 0.4) is 0 Å². The van der Waals surface area contributed by atoms with Gasteiger partial charge in [-0.25, -0.2) is 4.39 Å². The highest BCUT2D eigenvalue weighted by Gasteiger charge is 2.33. The van der Waals surface area contributed by atoms with Crippen molar-refractivity contribution in [2.24, 2.45) is 17.6 Å². The molecule has 0 aromatic heterocycles. The Bertz CT molecular complexity index is 1170. The van der Waals surface area contributed by atoms with Crippen LogP contribution in [0.5, 0.6) is 0 Å². The molecule has 2 aliphatic rings. The number of amidine groups is 1. The quantitative estimate of drug-likeness (QED) is 0.196. The molecular formula is C34H53FN6O4. The Morgan fingerprint density at radius 3 is 2.40 bits per heavy atom. The van der Waals surface area contributed by atoms with Gasteiger partial charge in [-0.1, -0.05) is 61.7 Å². The smallest absolute Gasteiger partial charge is 0.242 e. The summed E-state index contributed by atoms with van der Waals surface area (Å²) in [6.45, 7) is 8.64. The van der Waals surface area contributed by atoms with Crippen LogP contribution in [-0.4, -0.2) is 79.9 Å². The maximum Gasteiger partial charge on any atom is 0.242 e. The summed E-state index contributed by atoms with van der Waals surface area (Å²) in [4.78, 5) is 39.2. The SMILES string of the molecule is CC1/C=C\C/C(F)=C\C(C)OCCNC(CC2CC2)C(=O)N(C)C(C)C(=O)NCC(=O)NCCC1.Cc1ccc(C(=N)N)cc1. The summed E-state index contributed by atoms with van der Waals surface area (Å²) in [5.74, 6) is -0.150. The average molecular weight is 629 g/mol. The average Bonchev–Trinajstić information content (AvgIpc) is 3.82. The van der Waals surface area contributed by atoms with E-state index in [1.807, 2.05) is 43.3 Å². The highest BCUT2D eigenvalue weighted by molar-refractivity contribution is 5.94. The topological polar surface area (TPSA) is 150 Å². The number of aryl methyl sites for hydroxylation is 1. The molecule has 4 unspecified atom stereocenters. The second kappa shape index (κ2) is 19.7. The summed E-state index contributed by atoms with van der Waals surface area (Å²) in [6.07, 6.45) is 9.65. The van der Waals surface area contributed by atoms with Gasteiger partial charge in [0.15, 0.2) is 0 Å². The van der Waals surface area contributed by atoms with Gasteiger partial charge in [-0.2, -0.15) is 0 Å². The standard InChI is InChI=1S/C26H43FN4O4.C8H10N2/c1-18-7-5-9-22(27)15-19(2)35-14-13-28-23(16-21-10-11-21)26(34)31(4)20(3)25(33)30-17-24(32)29-12-6-8-18;1-6-2-4-7(5-3-6)8(9)10/h5,7,15,18-21,23,28H,6,8-14,16-17H2,1-4H3,(H,29,32)(H,30,33);2-5H,1H3,(H3,9,10)/b7-5-,22-15+;. The molecule has 1 fully saturated rings. The summed E-state index contributed by atoms with van der Waals surface area (Å²) < 4.78 is 19.9. The second-order valence-corrected chi connectivity index (χ2v) is 12.1. The zero-order valence-corrected chi connectivity index (χ0v) is 27.5. The van der Waals surface area contributed by atoms with Crippen molar-refractivity contribution >= 4 is 23.6 Å². The molecule has 1 heterocycles. The number of carbonyl (C=O) groups is 3. The predicted octanol–water partition coefficient (Wildman–Crippen LogP) is 3.74. The Balaban J connectivity index is 0.000000596. The van der Waals surface area contributed by atoms with Crippen molar-refractivity contribution in [3.05, 3.63) is 59.4 Å². The minimum absolute atomic E-state index is 0.125. The fourth-order valence-electron chi connectivity index (χ4n) is 4.69. The first kappa shape index (κ1) is 37.6. The molecule has 1 aromatic rings. The van der Waals surface area contributed by atoms with E-state index in [1.54, 1.807) is 20.9 Å². The van der Waals surface area contributed by atoms with Gasteiger partial charge in [0.05, 0.1) is 25.3 Å². The van der Waals surface area contributed by atoms with Gasteiger partial charge in [0.2, 0.25) is 17.7 Å². The molecule has 6 N–H and O–H groups in total. The van der Waals surface area contributed by atoms with Crippen LogP contribution in [0, 0.1) is 24.2 Å². The number of nitrogens with one attached hydrogen (secondary N) is 4. The van der Waals surface area contributed by atoms with Gasteiger partial charge in [0.1, 0.15) is 17.7 Å². The van der Waals surface area contributed by atoms with E-state index in [1.165, 1.54) is 16.5 Å². The fourth-order valence-corrected chi connectivity index (χ4v) is 4.69. The van der Waals surface area contributed by atoms with E-state index < -0.39 is 12.1 Å². The number of nitrogens with two attached hydrogens (primary N) is 1. The molecule has 0 radical (unpaired) electrons. The lowest BCUT2D eigenvalue weighted by atomic mass is 10.0. The Morgan fingerprint density at radius 1 is 1.07 bits per heavy atom. The van der Waals surface area contributed by atoms with Crippen LogP contribution in [0.15, 0.2) is 48.3 Å². The largest absolute Gasteiger partial charge is 0.384 e. The van der Waals surface area contributed by atoms with Crippen LogP contribution >= 0.6 is 0 Å². The molecule has 10 nitrogen and oxygen atoms in total. The fraction of sp³-hybridized carbons (Fsp3) is 0.588. The minimum atomic E-state index is -0.711. The molecular weight excluding hydrogens is 575 g/mol. The molecule has 3 rings (SSSR count). The Morgan fingerprint density at radius 2 is 1.76 bits per heavy atom. The lowest BCUT2D eigenvalue weighted by Crippen LogP contribution is -2.53.